The number of carbonyl (C=O) groups is 2. The number of unbranched alkanes of at least 4 members (excludes halogenated alkanes) is 4. The molecule has 7 heteroatoms. The average molecular weight is 531 g/mol. The highest BCUT2D eigenvalue weighted by molar-refractivity contribution is 7.91. The number of esters is 2. The van der Waals surface area contributed by atoms with Gasteiger partial charge in [0.25, 0.3) is 0 Å². The van der Waals surface area contributed by atoms with E-state index in [2.05, 4.69) is 13.8 Å². The van der Waals surface area contributed by atoms with Crippen LogP contribution in [0.25, 0.3) is 0 Å². The molecule has 0 N–H and O–H groups in total. The lowest BCUT2D eigenvalue weighted by atomic mass is 9.94. The molecule has 0 aromatic heterocycles. The fourth-order valence-electron chi connectivity index (χ4n) is 4.75. The first-order valence-corrected chi connectivity index (χ1v) is 15.2. The fourth-order valence-corrected chi connectivity index (χ4v) is 6.81. The van der Waals surface area contributed by atoms with Crippen LogP contribution in [0, 0.1) is 0 Å². The van der Waals surface area contributed by atoms with E-state index in [-0.39, 0.29) is 23.3 Å². The van der Waals surface area contributed by atoms with Gasteiger partial charge in [-0.05, 0) is 36.1 Å². The molecule has 0 bridgehead atoms. The van der Waals surface area contributed by atoms with Gasteiger partial charge >= 0.3 is 11.9 Å². The molecule has 0 aliphatic carbocycles. The highest BCUT2D eigenvalue weighted by atomic mass is 32.2. The maximum absolute atomic E-state index is 13.7. The lowest BCUT2D eigenvalue weighted by Gasteiger charge is -2.23. The van der Waals surface area contributed by atoms with Crippen LogP contribution in [0.4, 0.5) is 0 Å². The zero-order chi connectivity index (χ0) is 27.3. The number of hydrogen-bond donors (Lipinski definition) is 0. The Bertz CT molecular complexity index is 1030. The van der Waals surface area contributed by atoms with E-state index in [1.54, 1.807) is 24.3 Å². The molecule has 2 aromatic rings. The summed E-state index contributed by atoms with van der Waals surface area (Å²) in [6, 6.07) is 14.4. The Kier molecular flexibility index (Phi) is 12.8. The van der Waals surface area contributed by atoms with Crippen molar-refractivity contribution in [2.24, 2.45) is 0 Å². The van der Waals surface area contributed by atoms with Crippen molar-refractivity contribution in [2.75, 3.05) is 11.5 Å². The van der Waals surface area contributed by atoms with Crippen LogP contribution in [0.15, 0.2) is 48.5 Å². The van der Waals surface area contributed by atoms with Crippen LogP contribution < -0.4 is 9.47 Å². The van der Waals surface area contributed by atoms with Crippen LogP contribution in [0.2, 0.25) is 0 Å². The number of hydrogen-bond acceptors (Lipinski definition) is 6. The summed E-state index contributed by atoms with van der Waals surface area (Å²) in [5, 5.41) is 0. The molecular formula is C30H42O6S. The molecule has 2 atom stereocenters. The standard InChI is InChI=1S/C30H42O6S/c1-5-7-9-15-25(27-17-11-13-19-29(27)35-23(3)31)21-37(33,34)22-26(16-10-8-6-2)28-18-12-14-20-30(28)36-24(4)32/h11-14,17-20,25-26H,5-10,15-16,21-22H2,1-4H3. The predicted octanol–water partition coefficient (Wildman–Crippen LogP) is 6.98. The van der Waals surface area contributed by atoms with Gasteiger partial charge in [0.2, 0.25) is 0 Å². The van der Waals surface area contributed by atoms with Crippen molar-refractivity contribution in [3.8, 4) is 11.5 Å². The van der Waals surface area contributed by atoms with Gasteiger partial charge in [-0.1, -0.05) is 88.8 Å². The van der Waals surface area contributed by atoms with Gasteiger partial charge in [-0.25, -0.2) is 8.42 Å². The van der Waals surface area contributed by atoms with Gasteiger partial charge in [-0.2, -0.15) is 0 Å². The van der Waals surface area contributed by atoms with E-state index in [9.17, 15) is 18.0 Å². The summed E-state index contributed by atoms with van der Waals surface area (Å²) in [5.41, 5.74) is 1.50. The van der Waals surface area contributed by atoms with Gasteiger partial charge < -0.3 is 9.47 Å². The molecule has 0 amide bonds. The van der Waals surface area contributed by atoms with Gasteiger partial charge in [0.15, 0.2) is 9.84 Å². The van der Waals surface area contributed by atoms with Crippen molar-refractivity contribution in [3.05, 3.63) is 59.7 Å². The zero-order valence-electron chi connectivity index (χ0n) is 22.7. The molecule has 0 saturated carbocycles. The molecule has 0 radical (unpaired) electrons. The van der Waals surface area contributed by atoms with E-state index in [1.165, 1.54) is 13.8 Å². The number of sulfone groups is 1. The van der Waals surface area contributed by atoms with Crippen molar-refractivity contribution in [1.82, 2.24) is 0 Å². The van der Waals surface area contributed by atoms with Crippen LogP contribution in [-0.4, -0.2) is 31.9 Å². The van der Waals surface area contributed by atoms with Crippen LogP contribution >= 0.6 is 0 Å². The van der Waals surface area contributed by atoms with Crippen molar-refractivity contribution < 1.29 is 27.5 Å². The van der Waals surface area contributed by atoms with Gasteiger partial charge in [0, 0.05) is 25.7 Å². The third kappa shape index (κ3) is 10.7. The second kappa shape index (κ2) is 15.6. The van der Waals surface area contributed by atoms with Crippen LogP contribution in [0.1, 0.15) is 102 Å². The Morgan fingerprint density at radius 1 is 0.676 bits per heavy atom. The lowest BCUT2D eigenvalue weighted by molar-refractivity contribution is -0.132. The molecule has 0 aliphatic heterocycles. The van der Waals surface area contributed by atoms with E-state index >= 15 is 0 Å². The zero-order valence-corrected chi connectivity index (χ0v) is 23.5. The van der Waals surface area contributed by atoms with Crippen LogP contribution in [0.3, 0.4) is 0 Å². The summed E-state index contributed by atoms with van der Waals surface area (Å²) >= 11 is 0. The summed E-state index contributed by atoms with van der Waals surface area (Å²) in [4.78, 5) is 23.4. The molecule has 2 unspecified atom stereocenters. The highest BCUT2D eigenvalue weighted by Crippen LogP contribution is 2.35. The smallest absolute Gasteiger partial charge is 0.308 e. The Balaban J connectivity index is 2.37. The second-order valence-corrected chi connectivity index (χ2v) is 11.9. The SMILES string of the molecule is CCCCCC(CS(=O)(=O)CC(CCCCC)c1ccccc1OC(C)=O)c1ccccc1OC(C)=O. The maximum Gasteiger partial charge on any atom is 0.308 e. The normalized spacial score (nSPS) is 13.1. The van der Waals surface area contributed by atoms with Crippen LogP contribution in [-0.2, 0) is 19.4 Å². The van der Waals surface area contributed by atoms with Crippen molar-refractivity contribution >= 4 is 21.8 Å². The Hall–Kier alpha value is -2.67. The van der Waals surface area contributed by atoms with E-state index in [0.717, 1.165) is 49.7 Å². The summed E-state index contributed by atoms with van der Waals surface area (Å²) in [5.74, 6) is -0.650. The summed E-state index contributed by atoms with van der Waals surface area (Å²) in [6.45, 7) is 6.92. The molecule has 0 heterocycles. The minimum atomic E-state index is -3.52. The number of rotatable bonds is 16. The van der Waals surface area contributed by atoms with Crippen molar-refractivity contribution in [2.45, 2.75) is 90.9 Å². The van der Waals surface area contributed by atoms with Crippen molar-refractivity contribution in [3.63, 3.8) is 0 Å². The first-order chi connectivity index (χ1) is 17.7. The largest absolute Gasteiger partial charge is 0.426 e. The molecule has 6 nitrogen and oxygen atoms in total. The van der Waals surface area contributed by atoms with E-state index < -0.39 is 21.8 Å². The topological polar surface area (TPSA) is 86.7 Å². The minimum absolute atomic E-state index is 0.0327. The van der Waals surface area contributed by atoms with Crippen LogP contribution in [0.5, 0.6) is 11.5 Å². The number of benzene rings is 2. The fraction of sp³-hybridized carbons (Fsp3) is 0.533. The number of ether oxygens (including phenoxy) is 2. The van der Waals surface area contributed by atoms with E-state index in [1.807, 2.05) is 24.3 Å². The quantitative estimate of drug-likeness (QED) is 0.132. The Labute approximate surface area is 222 Å². The monoisotopic (exact) mass is 530 g/mol. The second-order valence-electron chi connectivity index (χ2n) is 9.73. The first kappa shape index (κ1) is 30.6. The summed E-state index contributed by atoms with van der Waals surface area (Å²) in [7, 11) is -3.52. The minimum Gasteiger partial charge on any atom is -0.426 e. The molecule has 2 aromatic carbocycles. The van der Waals surface area contributed by atoms with E-state index in [0.29, 0.717) is 24.3 Å². The number of para-hydroxylation sites is 2. The van der Waals surface area contributed by atoms with Gasteiger partial charge in [-0.3, -0.25) is 9.59 Å². The molecule has 37 heavy (non-hydrogen) atoms. The van der Waals surface area contributed by atoms with Gasteiger partial charge in [-0.15, -0.1) is 0 Å². The molecule has 0 aliphatic rings. The first-order valence-electron chi connectivity index (χ1n) is 13.4. The Morgan fingerprint density at radius 2 is 1.05 bits per heavy atom. The lowest BCUT2D eigenvalue weighted by Crippen LogP contribution is -2.23. The average Bonchev–Trinajstić information content (AvgIpc) is 2.83. The molecule has 0 spiro atoms. The van der Waals surface area contributed by atoms with Gasteiger partial charge in [0.05, 0.1) is 11.5 Å². The molecular weight excluding hydrogens is 488 g/mol. The maximum atomic E-state index is 13.7. The van der Waals surface area contributed by atoms with Crippen molar-refractivity contribution in [1.29, 1.82) is 0 Å². The molecule has 0 saturated heterocycles. The van der Waals surface area contributed by atoms with Gasteiger partial charge in [0.1, 0.15) is 11.5 Å². The Morgan fingerprint density at radius 3 is 1.41 bits per heavy atom. The predicted molar refractivity (Wildman–Crippen MR) is 148 cm³/mol. The molecule has 0 fully saturated rings. The third-order valence-corrected chi connectivity index (χ3v) is 8.27. The third-order valence-electron chi connectivity index (χ3n) is 6.45. The van der Waals surface area contributed by atoms with E-state index in [4.69, 9.17) is 9.47 Å². The molecule has 204 valence electrons. The molecule has 2 rings (SSSR count). The number of carbonyl (C=O) groups excluding carboxylic acids is 2. The highest BCUT2D eigenvalue weighted by Gasteiger charge is 2.28. The summed E-state index contributed by atoms with van der Waals surface area (Å²) < 4.78 is 38.3. The summed E-state index contributed by atoms with van der Waals surface area (Å²) in [6.07, 6.45) is 7.21.